The molecule has 5 heteroatoms. The van der Waals surface area contributed by atoms with Crippen molar-refractivity contribution in [1.82, 2.24) is 9.80 Å². The van der Waals surface area contributed by atoms with E-state index < -0.39 is 0 Å². The summed E-state index contributed by atoms with van der Waals surface area (Å²) in [5.41, 5.74) is 1.32. The van der Waals surface area contributed by atoms with Gasteiger partial charge in [0.25, 0.3) is 0 Å². The second-order valence-electron chi connectivity index (χ2n) is 9.05. The van der Waals surface area contributed by atoms with Crippen LogP contribution in [0.1, 0.15) is 50.5 Å². The topological polar surface area (TPSA) is 42.0 Å². The first-order valence-corrected chi connectivity index (χ1v) is 11.4. The molecule has 3 aliphatic rings. The van der Waals surface area contributed by atoms with E-state index in [2.05, 4.69) is 28.0 Å². The molecular weight excluding hydrogens is 364 g/mol. The molecule has 160 valence electrons. The summed E-state index contributed by atoms with van der Waals surface area (Å²) in [6.07, 6.45) is 7.88. The third-order valence-electron chi connectivity index (χ3n) is 7.41. The van der Waals surface area contributed by atoms with Crippen LogP contribution in [0.3, 0.4) is 0 Å². The molecule has 0 N–H and O–H groups in total. The molecule has 1 aromatic carbocycles. The smallest absolute Gasteiger partial charge is 0.305 e. The number of piperidine rings is 3. The van der Waals surface area contributed by atoms with Crippen LogP contribution in [0, 0.1) is 11.8 Å². The summed E-state index contributed by atoms with van der Waals surface area (Å²) in [5.74, 6) is 2.37. The van der Waals surface area contributed by atoms with Crippen molar-refractivity contribution in [3.8, 4) is 5.75 Å². The van der Waals surface area contributed by atoms with Crippen molar-refractivity contribution < 1.29 is 14.3 Å². The van der Waals surface area contributed by atoms with Gasteiger partial charge in [-0.1, -0.05) is 12.1 Å². The Bertz CT molecular complexity index is 692. The molecule has 0 spiro atoms. The van der Waals surface area contributed by atoms with Gasteiger partial charge in [0.2, 0.25) is 0 Å². The molecule has 0 unspecified atom stereocenters. The van der Waals surface area contributed by atoms with Crippen molar-refractivity contribution in [3.05, 3.63) is 29.8 Å². The first-order chi connectivity index (χ1) is 14.2. The van der Waals surface area contributed by atoms with E-state index in [1.165, 1.54) is 58.0 Å². The Kier molecular flexibility index (Phi) is 6.76. The molecule has 0 bridgehead atoms. The van der Waals surface area contributed by atoms with Gasteiger partial charge in [0.05, 0.1) is 14.2 Å². The maximum atomic E-state index is 11.7. The fourth-order valence-corrected chi connectivity index (χ4v) is 6.22. The predicted octanol–water partition coefficient (Wildman–Crippen LogP) is 3.71. The monoisotopic (exact) mass is 400 g/mol. The summed E-state index contributed by atoms with van der Waals surface area (Å²) in [6.45, 7) is 4.71. The van der Waals surface area contributed by atoms with Crippen LogP contribution in [0.15, 0.2) is 24.3 Å². The first kappa shape index (κ1) is 20.7. The molecule has 0 radical (unpaired) electrons. The molecule has 0 saturated carbocycles. The van der Waals surface area contributed by atoms with Crippen molar-refractivity contribution in [2.75, 3.05) is 33.9 Å². The zero-order valence-electron chi connectivity index (χ0n) is 18.0. The molecule has 5 nitrogen and oxygen atoms in total. The highest BCUT2D eigenvalue weighted by atomic mass is 16.5. The Morgan fingerprint density at radius 1 is 1.17 bits per heavy atom. The summed E-state index contributed by atoms with van der Waals surface area (Å²) in [5, 5.41) is 0. The van der Waals surface area contributed by atoms with E-state index in [-0.39, 0.29) is 5.97 Å². The Morgan fingerprint density at radius 3 is 2.79 bits per heavy atom. The molecule has 29 heavy (non-hydrogen) atoms. The lowest BCUT2D eigenvalue weighted by molar-refractivity contribution is -0.141. The van der Waals surface area contributed by atoms with Gasteiger partial charge < -0.3 is 9.47 Å². The van der Waals surface area contributed by atoms with Gasteiger partial charge >= 0.3 is 5.97 Å². The number of methoxy groups -OCH3 is 2. The second-order valence-corrected chi connectivity index (χ2v) is 9.05. The number of likely N-dealkylation sites (tertiary alicyclic amines) is 1. The predicted molar refractivity (Wildman–Crippen MR) is 114 cm³/mol. The summed E-state index contributed by atoms with van der Waals surface area (Å²) in [6, 6.07) is 9.80. The largest absolute Gasteiger partial charge is 0.497 e. The van der Waals surface area contributed by atoms with Gasteiger partial charge in [-0.15, -0.1) is 0 Å². The lowest BCUT2D eigenvalue weighted by atomic mass is 9.69. The van der Waals surface area contributed by atoms with Crippen LogP contribution in [0.25, 0.3) is 0 Å². The van der Waals surface area contributed by atoms with Gasteiger partial charge in [0.15, 0.2) is 0 Å². The average Bonchev–Trinajstić information content (AvgIpc) is 2.76. The highest BCUT2D eigenvalue weighted by Gasteiger charge is 2.48. The zero-order valence-corrected chi connectivity index (χ0v) is 18.0. The van der Waals surface area contributed by atoms with Crippen molar-refractivity contribution in [2.24, 2.45) is 11.8 Å². The van der Waals surface area contributed by atoms with Crippen molar-refractivity contribution >= 4 is 5.97 Å². The van der Waals surface area contributed by atoms with Gasteiger partial charge in [-0.3, -0.25) is 14.6 Å². The number of nitrogens with zero attached hydrogens (tertiary/aromatic N) is 2. The lowest BCUT2D eigenvalue weighted by Gasteiger charge is -2.57. The fourth-order valence-electron chi connectivity index (χ4n) is 6.22. The maximum absolute atomic E-state index is 11.7. The minimum Gasteiger partial charge on any atom is -0.497 e. The minimum absolute atomic E-state index is 0.0824. The van der Waals surface area contributed by atoms with Crippen LogP contribution in [-0.2, 0) is 16.1 Å². The van der Waals surface area contributed by atoms with E-state index in [1.807, 2.05) is 6.07 Å². The second kappa shape index (κ2) is 9.48. The normalized spacial score (nSPS) is 29.9. The summed E-state index contributed by atoms with van der Waals surface area (Å²) in [4.78, 5) is 17.2. The maximum Gasteiger partial charge on any atom is 0.305 e. The van der Waals surface area contributed by atoms with E-state index >= 15 is 0 Å². The molecule has 0 aromatic heterocycles. The Morgan fingerprint density at radius 2 is 2.00 bits per heavy atom. The molecule has 4 atom stereocenters. The summed E-state index contributed by atoms with van der Waals surface area (Å²) in [7, 11) is 3.22. The molecule has 3 saturated heterocycles. The molecule has 3 heterocycles. The van der Waals surface area contributed by atoms with Crippen molar-refractivity contribution in [3.63, 3.8) is 0 Å². The van der Waals surface area contributed by atoms with Crippen LogP contribution in [-0.4, -0.2) is 61.7 Å². The Balaban J connectivity index is 1.53. The van der Waals surface area contributed by atoms with Gasteiger partial charge in [0, 0.05) is 31.6 Å². The molecule has 3 aliphatic heterocycles. The Hall–Kier alpha value is -1.59. The van der Waals surface area contributed by atoms with Crippen LogP contribution in [0.2, 0.25) is 0 Å². The number of hydrogen-bond acceptors (Lipinski definition) is 5. The minimum atomic E-state index is -0.0824. The van der Waals surface area contributed by atoms with Crippen LogP contribution in [0.4, 0.5) is 0 Å². The highest BCUT2D eigenvalue weighted by Crippen LogP contribution is 2.43. The number of rotatable bonds is 7. The van der Waals surface area contributed by atoms with Gasteiger partial charge in [-0.25, -0.2) is 0 Å². The zero-order chi connectivity index (χ0) is 20.2. The van der Waals surface area contributed by atoms with E-state index in [0.29, 0.717) is 12.5 Å². The number of benzene rings is 1. The number of carbonyl (C=O) groups excluding carboxylic acids is 1. The fraction of sp³-hybridized carbons (Fsp3) is 0.708. The third kappa shape index (κ3) is 4.61. The molecule has 0 amide bonds. The lowest BCUT2D eigenvalue weighted by Crippen LogP contribution is -2.64. The third-order valence-corrected chi connectivity index (χ3v) is 7.41. The molecule has 4 rings (SSSR count). The first-order valence-electron chi connectivity index (χ1n) is 11.4. The van der Waals surface area contributed by atoms with E-state index in [4.69, 9.17) is 9.47 Å². The molecule has 3 fully saturated rings. The Labute approximate surface area is 175 Å². The van der Waals surface area contributed by atoms with Crippen LogP contribution >= 0.6 is 0 Å². The molecule has 0 aliphatic carbocycles. The number of ether oxygens (including phenoxy) is 2. The van der Waals surface area contributed by atoms with Gasteiger partial charge in [0.1, 0.15) is 5.75 Å². The summed E-state index contributed by atoms with van der Waals surface area (Å²) < 4.78 is 10.3. The average molecular weight is 401 g/mol. The van der Waals surface area contributed by atoms with Crippen LogP contribution < -0.4 is 4.74 Å². The van der Waals surface area contributed by atoms with Gasteiger partial charge in [-0.05, 0) is 81.1 Å². The highest BCUT2D eigenvalue weighted by molar-refractivity contribution is 5.69. The molecular formula is C24H36N2O3. The van der Waals surface area contributed by atoms with Crippen molar-refractivity contribution in [1.29, 1.82) is 0 Å². The summed E-state index contributed by atoms with van der Waals surface area (Å²) >= 11 is 0. The number of carbonyl (C=O) groups is 1. The van der Waals surface area contributed by atoms with Gasteiger partial charge in [-0.2, -0.15) is 0 Å². The van der Waals surface area contributed by atoms with Crippen molar-refractivity contribution in [2.45, 2.75) is 63.6 Å². The quantitative estimate of drug-likeness (QED) is 0.653. The number of hydrogen-bond donors (Lipinski definition) is 0. The van der Waals surface area contributed by atoms with E-state index in [0.717, 1.165) is 43.0 Å². The SMILES string of the molecule is COC(=O)CCC[C@@H]1[C@H]2CCCN3CCC[C@H](CN1Cc1cccc(OC)c1)[C@@H]23. The van der Waals surface area contributed by atoms with E-state index in [1.54, 1.807) is 7.11 Å². The number of esters is 1. The van der Waals surface area contributed by atoms with Crippen LogP contribution in [0.5, 0.6) is 5.75 Å². The standard InChI is InChI=1S/C24H36N2O3/c1-28-20-9-3-7-18(15-20)16-26-17-19-8-5-13-25-14-6-10-21(24(19)25)22(26)11-4-12-23(27)29-2/h3,7,9,15,19,21-22,24H,4-6,8,10-14,16-17H2,1-2H3/t19-,21-,22-,24+/m1/s1. The van der Waals surface area contributed by atoms with E-state index in [9.17, 15) is 4.79 Å². The molecule has 1 aromatic rings.